The second kappa shape index (κ2) is 5.39. The third-order valence-electron chi connectivity index (χ3n) is 3.61. The Balaban J connectivity index is 2.31. The van der Waals surface area contributed by atoms with Crippen LogP contribution in [0, 0.1) is 10.1 Å². The van der Waals surface area contributed by atoms with Crippen LogP contribution < -0.4 is 10.1 Å². The van der Waals surface area contributed by atoms with Crippen molar-refractivity contribution in [2.75, 3.05) is 7.11 Å². The van der Waals surface area contributed by atoms with Gasteiger partial charge in [0, 0.05) is 12.1 Å². The lowest BCUT2D eigenvalue weighted by atomic mass is 9.76. The number of aliphatic carboxylic acids is 1. The largest absolute Gasteiger partial charge is 0.496 e. The molecule has 0 atom stereocenters. The Kier molecular flexibility index (Phi) is 3.79. The van der Waals surface area contributed by atoms with Crippen LogP contribution >= 0.6 is 0 Å². The standard InChI is InChI=1S/C13H14N2O6/c1-21-10-4-3-8(15(19)20)7-9(10)11(16)14-13(12(17)18)5-2-6-13/h3-4,7H,2,5-6H2,1H3,(H,14,16)(H,17,18). The third-order valence-corrected chi connectivity index (χ3v) is 3.61. The van der Waals surface area contributed by atoms with E-state index in [0.717, 1.165) is 6.07 Å². The molecule has 0 radical (unpaired) electrons. The fourth-order valence-electron chi connectivity index (χ4n) is 2.19. The van der Waals surface area contributed by atoms with Crippen molar-refractivity contribution in [2.45, 2.75) is 24.8 Å². The number of carboxylic acid groups (broad SMARTS) is 1. The Bertz CT molecular complexity index is 609. The summed E-state index contributed by atoms with van der Waals surface area (Å²) in [4.78, 5) is 33.6. The third kappa shape index (κ3) is 2.64. The number of carbonyl (C=O) groups excluding carboxylic acids is 1. The summed E-state index contributed by atoms with van der Waals surface area (Å²) in [7, 11) is 1.33. The van der Waals surface area contributed by atoms with E-state index in [4.69, 9.17) is 4.74 Å². The predicted octanol–water partition coefficient (Wildman–Crippen LogP) is 1.34. The number of ether oxygens (including phenoxy) is 1. The minimum absolute atomic E-state index is 0.0563. The second-order valence-electron chi connectivity index (χ2n) is 4.84. The Morgan fingerprint density at radius 3 is 2.52 bits per heavy atom. The molecular formula is C13H14N2O6. The molecule has 0 aliphatic heterocycles. The molecule has 0 heterocycles. The molecule has 2 rings (SSSR count). The zero-order valence-corrected chi connectivity index (χ0v) is 11.3. The van der Waals surface area contributed by atoms with E-state index in [9.17, 15) is 24.8 Å². The van der Waals surface area contributed by atoms with Gasteiger partial charge >= 0.3 is 5.97 Å². The molecule has 8 heteroatoms. The molecule has 0 bridgehead atoms. The summed E-state index contributed by atoms with van der Waals surface area (Å²) >= 11 is 0. The molecule has 1 aromatic carbocycles. The number of hydrogen-bond donors (Lipinski definition) is 2. The zero-order valence-electron chi connectivity index (χ0n) is 11.3. The summed E-state index contributed by atoms with van der Waals surface area (Å²) in [5.41, 5.74) is -1.61. The molecule has 0 aromatic heterocycles. The van der Waals surface area contributed by atoms with Gasteiger partial charge < -0.3 is 15.2 Å². The van der Waals surface area contributed by atoms with Crippen LogP contribution in [0.15, 0.2) is 18.2 Å². The van der Waals surface area contributed by atoms with E-state index in [-0.39, 0.29) is 17.0 Å². The first-order chi connectivity index (χ1) is 9.89. The van der Waals surface area contributed by atoms with Crippen molar-refractivity contribution in [3.8, 4) is 5.75 Å². The van der Waals surface area contributed by atoms with Gasteiger partial charge in [-0.05, 0) is 25.3 Å². The zero-order chi connectivity index (χ0) is 15.6. The second-order valence-corrected chi connectivity index (χ2v) is 4.84. The van der Waals surface area contributed by atoms with Gasteiger partial charge in [0.1, 0.15) is 11.3 Å². The van der Waals surface area contributed by atoms with E-state index in [1.165, 1.54) is 19.2 Å². The number of hydrogen-bond acceptors (Lipinski definition) is 5. The molecule has 0 unspecified atom stereocenters. The first-order valence-corrected chi connectivity index (χ1v) is 6.28. The Hall–Kier alpha value is -2.64. The van der Waals surface area contributed by atoms with E-state index in [0.29, 0.717) is 19.3 Å². The van der Waals surface area contributed by atoms with Crippen molar-refractivity contribution in [1.29, 1.82) is 0 Å². The van der Waals surface area contributed by atoms with Gasteiger partial charge in [-0.1, -0.05) is 0 Å². The average Bonchev–Trinajstić information content (AvgIpc) is 2.41. The Labute approximate surface area is 119 Å². The number of non-ortho nitro benzene ring substituents is 1. The predicted molar refractivity (Wildman–Crippen MR) is 71.3 cm³/mol. The average molecular weight is 294 g/mol. The van der Waals surface area contributed by atoms with Gasteiger partial charge in [-0.2, -0.15) is 0 Å². The fraction of sp³-hybridized carbons (Fsp3) is 0.385. The minimum Gasteiger partial charge on any atom is -0.496 e. The molecule has 1 fully saturated rings. The van der Waals surface area contributed by atoms with Crippen molar-refractivity contribution in [1.82, 2.24) is 5.32 Å². The first-order valence-electron chi connectivity index (χ1n) is 6.28. The molecular weight excluding hydrogens is 280 g/mol. The van der Waals surface area contributed by atoms with Gasteiger partial charge in [-0.3, -0.25) is 14.9 Å². The summed E-state index contributed by atoms with van der Waals surface area (Å²) in [6.45, 7) is 0. The minimum atomic E-state index is -1.29. The molecule has 1 aliphatic carbocycles. The quantitative estimate of drug-likeness (QED) is 0.624. The van der Waals surface area contributed by atoms with Gasteiger partial charge in [0.25, 0.3) is 11.6 Å². The fourth-order valence-corrected chi connectivity index (χ4v) is 2.19. The van der Waals surface area contributed by atoms with Crippen molar-refractivity contribution in [2.24, 2.45) is 0 Å². The maximum absolute atomic E-state index is 12.2. The van der Waals surface area contributed by atoms with Crippen LogP contribution in [-0.2, 0) is 4.79 Å². The lowest BCUT2D eigenvalue weighted by Gasteiger charge is -2.38. The monoisotopic (exact) mass is 294 g/mol. The summed E-state index contributed by atoms with van der Waals surface area (Å²) in [6, 6.07) is 3.59. The van der Waals surface area contributed by atoms with Crippen molar-refractivity contribution >= 4 is 17.6 Å². The highest BCUT2D eigenvalue weighted by molar-refractivity contribution is 6.00. The molecule has 1 amide bonds. The number of carboxylic acids is 1. The Morgan fingerprint density at radius 2 is 2.10 bits per heavy atom. The van der Waals surface area contributed by atoms with E-state index in [1.54, 1.807) is 0 Å². The summed E-state index contributed by atoms with van der Waals surface area (Å²) in [5.74, 6) is -1.65. The lowest BCUT2D eigenvalue weighted by Crippen LogP contribution is -2.59. The molecule has 0 saturated heterocycles. The van der Waals surface area contributed by atoms with Gasteiger partial charge in [-0.15, -0.1) is 0 Å². The van der Waals surface area contributed by atoms with Crippen LogP contribution in [0.5, 0.6) is 5.75 Å². The number of nitro benzene ring substituents is 1. The van der Waals surface area contributed by atoms with Crippen molar-refractivity contribution in [3.63, 3.8) is 0 Å². The number of benzene rings is 1. The highest BCUT2D eigenvalue weighted by atomic mass is 16.6. The van der Waals surface area contributed by atoms with E-state index >= 15 is 0 Å². The maximum Gasteiger partial charge on any atom is 0.329 e. The van der Waals surface area contributed by atoms with Crippen molar-refractivity contribution in [3.05, 3.63) is 33.9 Å². The van der Waals surface area contributed by atoms with Crippen LogP contribution in [0.2, 0.25) is 0 Å². The molecule has 112 valence electrons. The normalized spacial score (nSPS) is 15.7. The number of rotatable bonds is 5. The molecule has 21 heavy (non-hydrogen) atoms. The number of nitro groups is 1. The molecule has 8 nitrogen and oxygen atoms in total. The molecule has 1 aromatic rings. The first kappa shape index (κ1) is 14.8. The van der Waals surface area contributed by atoms with Gasteiger partial charge in [0.2, 0.25) is 0 Å². The van der Waals surface area contributed by atoms with Gasteiger partial charge in [0.05, 0.1) is 17.6 Å². The van der Waals surface area contributed by atoms with Crippen LogP contribution in [0.3, 0.4) is 0 Å². The molecule has 1 aliphatic rings. The lowest BCUT2D eigenvalue weighted by molar-refractivity contribution is -0.384. The van der Waals surface area contributed by atoms with Crippen LogP contribution in [0.25, 0.3) is 0 Å². The van der Waals surface area contributed by atoms with Crippen LogP contribution in [-0.4, -0.2) is 34.6 Å². The number of nitrogens with one attached hydrogen (secondary N) is 1. The topological polar surface area (TPSA) is 119 Å². The molecule has 2 N–H and O–H groups in total. The smallest absolute Gasteiger partial charge is 0.329 e. The maximum atomic E-state index is 12.2. The highest BCUT2D eigenvalue weighted by Crippen LogP contribution is 2.33. The highest BCUT2D eigenvalue weighted by Gasteiger charge is 2.46. The van der Waals surface area contributed by atoms with Gasteiger partial charge in [0.15, 0.2) is 0 Å². The summed E-state index contributed by atoms with van der Waals surface area (Å²) < 4.78 is 5.00. The number of amides is 1. The summed E-state index contributed by atoms with van der Waals surface area (Å²) in [6.07, 6.45) is 1.38. The van der Waals surface area contributed by atoms with E-state index in [2.05, 4.69) is 5.32 Å². The molecule has 0 spiro atoms. The van der Waals surface area contributed by atoms with Gasteiger partial charge in [-0.25, -0.2) is 4.79 Å². The SMILES string of the molecule is COc1ccc([N+](=O)[O-])cc1C(=O)NC1(C(=O)O)CCC1. The summed E-state index contributed by atoms with van der Waals surface area (Å²) in [5, 5.41) is 22.4. The van der Waals surface area contributed by atoms with Crippen LogP contribution in [0.1, 0.15) is 29.6 Å². The Morgan fingerprint density at radius 1 is 1.43 bits per heavy atom. The van der Waals surface area contributed by atoms with E-state index < -0.39 is 22.3 Å². The number of methoxy groups -OCH3 is 1. The molecule has 1 saturated carbocycles. The van der Waals surface area contributed by atoms with Crippen molar-refractivity contribution < 1.29 is 24.4 Å². The van der Waals surface area contributed by atoms with Crippen LogP contribution in [0.4, 0.5) is 5.69 Å². The van der Waals surface area contributed by atoms with E-state index in [1.807, 2.05) is 0 Å². The number of carbonyl (C=O) groups is 2. The number of nitrogens with zero attached hydrogens (tertiary/aromatic N) is 1.